The highest BCUT2D eigenvalue weighted by Gasteiger charge is 1.99. The molecule has 0 aliphatic carbocycles. The maximum atomic E-state index is 11.6. The molecule has 0 saturated carbocycles. The molecule has 0 spiro atoms. The summed E-state index contributed by atoms with van der Waals surface area (Å²) in [5.74, 6) is 0. The van der Waals surface area contributed by atoms with Crippen molar-refractivity contribution in [2.75, 3.05) is 18.4 Å². The molecule has 0 fully saturated rings. The minimum absolute atomic E-state index is 0.135. The summed E-state index contributed by atoms with van der Waals surface area (Å²) in [7, 11) is 0. The van der Waals surface area contributed by atoms with E-state index in [2.05, 4.69) is 16.5 Å². The number of hydrogen-bond donors (Lipinski definition) is 2. The molecule has 0 unspecified atom stereocenters. The summed E-state index contributed by atoms with van der Waals surface area (Å²) in [6.45, 7) is 1.68. The van der Waals surface area contributed by atoms with Gasteiger partial charge in [0.2, 0.25) is 0 Å². The van der Waals surface area contributed by atoms with Crippen LogP contribution in [0.2, 0.25) is 0 Å². The van der Waals surface area contributed by atoms with Gasteiger partial charge in [0.05, 0.1) is 18.0 Å². The van der Waals surface area contributed by atoms with Gasteiger partial charge in [0.25, 0.3) is 5.56 Å². The van der Waals surface area contributed by atoms with E-state index in [0.717, 1.165) is 12.8 Å². The summed E-state index contributed by atoms with van der Waals surface area (Å²) in [6.07, 6.45) is 3.71. The summed E-state index contributed by atoms with van der Waals surface area (Å²) in [5.41, 5.74) is 5.90. The molecule has 0 aromatic carbocycles. The highest BCUT2D eigenvalue weighted by atomic mass is 16.1. The molecule has 0 atom stereocenters. The Labute approximate surface area is 100 Å². The van der Waals surface area contributed by atoms with Crippen molar-refractivity contribution in [3.8, 4) is 6.07 Å². The second-order valence-corrected chi connectivity index (χ2v) is 3.64. The molecule has 1 rings (SSSR count). The topological polar surface area (TPSA) is 96.7 Å². The zero-order valence-electron chi connectivity index (χ0n) is 9.72. The van der Waals surface area contributed by atoms with Crippen LogP contribution >= 0.6 is 0 Å². The van der Waals surface area contributed by atoms with E-state index in [0.29, 0.717) is 31.7 Å². The zero-order valence-corrected chi connectivity index (χ0v) is 9.72. The lowest BCUT2D eigenvalue weighted by Crippen LogP contribution is -2.23. The third-order valence-corrected chi connectivity index (χ3v) is 2.25. The summed E-state index contributed by atoms with van der Waals surface area (Å²) in [5, 5.41) is 15.4. The number of nitrogens with one attached hydrogen (secondary N) is 1. The standard InChI is InChI=1S/C11H17N5O/c12-4-2-1-3-7-16-11(17)8-10(9-15-16)14-6-5-13/h8-9,14H,1-3,5-7,13H2. The quantitative estimate of drug-likeness (QED) is 0.663. The summed E-state index contributed by atoms with van der Waals surface area (Å²) < 4.78 is 1.41. The Kier molecular flexibility index (Phi) is 5.75. The van der Waals surface area contributed by atoms with Crippen LogP contribution in [0.15, 0.2) is 17.1 Å². The number of nitriles is 1. The number of anilines is 1. The van der Waals surface area contributed by atoms with Crippen molar-refractivity contribution in [1.29, 1.82) is 5.26 Å². The average molecular weight is 235 g/mol. The molecule has 1 aromatic rings. The van der Waals surface area contributed by atoms with Crippen LogP contribution in [0, 0.1) is 11.3 Å². The Balaban J connectivity index is 2.52. The van der Waals surface area contributed by atoms with Gasteiger partial charge in [-0.25, -0.2) is 4.68 Å². The van der Waals surface area contributed by atoms with Gasteiger partial charge >= 0.3 is 0 Å². The maximum absolute atomic E-state index is 11.6. The number of aryl methyl sites for hydroxylation is 1. The Morgan fingerprint density at radius 1 is 1.53 bits per heavy atom. The average Bonchev–Trinajstić information content (AvgIpc) is 2.34. The van der Waals surface area contributed by atoms with Crippen molar-refractivity contribution in [3.63, 3.8) is 0 Å². The van der Waals surface area contributed by atoms with E-state index in [1.165, 1.54) is 10.7 Å². The van der Waals surface area contributed by atoms with Gasteiger partial charge in [0.15, 0.2) is 0 Å². The lowest BCUT2D eigenvalue weighted by atomic mass is 10.2. The lowest BCUT2D eigenvalue weighted by molar-refractivity contribution is 0.535. The predicted molar refractivity (Wildman–Crippen MR) is 65.5 cm³/mol. The van der Waals surface area contributed by atoms with Crippen LogP contribution in [0.1, 0.15) is 19.3 Å². The number of nitrogens with zero attached hydrogens (tertiary/aromatic N) is 3. The molecule has 6 nitrogen and oxygen atoms in total. The predicted octanol–water partition coefficient (Wildman–Crippen LogP) is 0.308. The SMILES string of the molecule is N#CCCCCn1ncc(NCCN)cc1=O. The molecule has 0 radical (unpaired) electrons. The Bertz CT molecular complexity index is 434. The molecule has 6 heteroatoms. The molecule has 17 heavy (non-hydrogen) atoms. The second-order valence-electron chi connectivity index (χ2n) is 3.64. The number of unbranched alkanes of at least 4 members (excludes halogenated alkanes) is 2. The van der Waals surface area contributed by atoms with E-state index < -0.39 is 0 Å². The molecule has 1 heterocycles. The smallest absolute Gasteiger partial charge is 0.268 e. The van der Waals surface area contributed by atoms with Crippen molar-refractivity contribution >= 4 is 5.69 Å². The molecule has 92 valence electrons. The van der Waals surface area contributed by atoms with E-state index in [9.17, 15) is 4.79 Å². The normalized spacial score (nSPS) is 9.88. The van der Waals surface area contributed by atoms with E-state index in [4.69, 9.17) is 11.0 Å². The first-order chi connectivity index (χ1) is 8.27. The van der Waals surface area contributed by atoms with Gasteiger partial charge in [-0.2, -0.15) is 10.4 Å². The summed E-state index contributed by atoms with van der Waals surface area (Å²) in [6, 6.07) is 3.58. The van der Waals surface area contributed by atoms with Gasteiger partial charge in [0.1, 0.15) is 0 Å². The maximum Gasteiger partial charge on any atom is 0.268 e. The largest absolute Gasteiger partial charge is 0.382 e. The molecule has 0 bridgehead atoms. The minimum atomic E-state index is -0.135. The van der Waals surface area contributed by atoms with Crippen LogP contribution in [0.5, 0.6) is 0 Å². The van der Waals surface area contributed by atoms with Gasteiger partial charge in [-0.3, -0.25) is 4.79 Å². The first kappa shape index (κ1) is 13.2. The first-order valence-corrected chi connectivity index (χ1v) is 5.66. The van der Waals surface area contributed by atoms with Crippen LogP contribution < -0.4 is 16.6 Å². The van der Waals surface area contributed by atoms with E-state index >= 15 is 0 Å². The minimum Gasteiger partial charge on any atom is -0.382 e. The van der Waals surface area contributed by atoms with Gasteiger partial charge in [-0.1, -0.05) is 0 Å². The van der Waals surface area contributed by atoms with Crippen molar-refractivity contribution < 1.29 is 0 Å². The lowest BCUT2D eigenvalue weighted by Gasteiger charge is -2.06. The monoisotopic (exact) mass is 235 g/mol. The zero-order chi connectivity index (χ0) is 12.5. The van der Waals surface area contributed by atoms with Crippen LogP contribution in [-0.4, -0.2) is 22.9 Å². The second kappa shape index (κ2) is 7.41. The number of aromatic nitrogens is 2. The number of nitrogens with two attached hydrogens (primary N) is 1. The van der Waals surface area contributed by atoms with Gasteiger partial charge in [-0.15, -0.1) is 0 Å². The molecule has 0 aliphatic heterocycles. The highest BCUT2D eigenvalue weighted by Crippen LogP contribution is 2.00. The van der Waals surface area contributed by atoms with Gasteiger partial charge in [0, 0.05) is 32.1 Å². The third kappa shape index (κ3) is 4.66. The molecular weight excluding hydrogens is 218 g/mol. The molecule has 0 amide bonds. The van der Waals surface area contributed by atoms with Gasteiger partial charge in [-0.05, 0) is 12.8 Å². The Morgan fingerprint density at radius 2 is 2.35 bits per heavy atom. The number of hydrogen-bond acceptors (Lipinski definition) is 5. The Morgan fingerprint density at radius 3 is 3.00 bits per heavy atom. The van der Waals surface area contributed by atoms with Crippen molar-refractivity contribution in [1.82, 2.24) is 9.78 Å². The molecular formula is C11H17N5O. The van der Waals surface area contributed by atoms with E-state index in [-0.39, 0.29) is 5.56 Å². The fourth-order valence-electron chi connectivity index (χ4n) is 1.38. The van der Waals surface area contributed by atoms with Crippen LogP contribution in [0.3, 0.4) is 0 Å². The van der Waals surface area contributed by atoms with Crippen LogP contribution in [0.4, 0.5) is 5.69 Å². The van der Waals surface area contributed by atoms with Crippen molar-refractivity contribution in [3.05, 3.63) is 22.6 Å². The highest BCUT2D eigenvalue weighted by molar-refractivity contribution is 5.38. The summed E-state index contributed by atoms with van der Waals surface area (Å²) >= 11 is 0. The van der Waals surface area contributed by atoms with Crippen molar-refractivity contribution in [2.45, 2.75) is 25.8 Å². The summed E-state index contributed by atoms with van der Waals surface area (Å²) in [4.78, 5) is 11.6. The molecule has 3 N–H and O–H groups in total. The van der Waals surface area contributed by atoms with Gasteiger partial charge < -0.3 is 11.1 Å². The third-order valence-electron chi connectivity index (χ3n) is 2.25. The van der Waals surface area contributed by atoms with E-state index in [1.807, 2.05) is 0 Å². The molecule has 0 saturated heterocycles. The number of rotatable bonds is 7. The van der Waals surface area contributed by atoms with Crippen molar-refractivity contribution in [2.24, 2.45) is 5.73 Å². The van der Waals surface area contributed by atoms with Crippen LogP contribution in [0.25, 0.3) is 0 Å². The first-order valence-electron chi connectivity index (χ1n) is 5.66. The fraction of sp³-hybridized carbons (Fsp3) is 0.545. The molecule has 0 aliphatic rings. The molecule has 1 aromatic heterocycles. The fourth-order valence-corrected chi connectivity index (χ4v) is 1.38. The Hall–Kier alpha value is -1.87. The van der Waals surface area contributed by atoms with Crippen LogP contribution in [-0.2, 0) is 6.54 Å². The van der Waals surface area contributed by atoms with E-state index in [1.54, 1.807) is 6.20 Å².